The van der Waals surface area contributed by atoms with Gasteiger partial charge in [0.2, 0.25) is 0 Å². The van der Waals surface area contributed by atoms with E-state index in [2.05, 4.69) is 18.9 Å². The smallest absolute Gasteiger partial charge is 0.168 e. The molecule has 2 unspecified atom stereocenters. The predicted molar refractivity (Wildman–Crippen MR) is 119 cm³/mol. The van der Waals surface area contributed by atoms with Crippen LogP contribution in [0.5, 0.6) is 23.0 Å². The van der Waals surface area contributed by atoms with Crippen molar-refractivity contribution in [1.82, 2.24) is 4.90 Å². The quantitative estimate of drug-likeness (QED) is 0.599. The summed E-state index contributed by atoms with van der Waals surface area (Å²) in [7, 11) is 5.35. The molecule has 0 spiro atoms. The van der Waals surface area contributed by atoms with Crippen molar-refractivity contribution in [2.75, 3.05) is 27.8 Å². The lowest BCUT2D eigenvalue weighted by Crippen LogP contribution is -2.38. The van der Waals surface area contributed by atoms with Gasteiger partial charge in [0.15, 0.2) is 23.0 Å². The molecule has 0 bridgehead atoms. The van der Waals surface area contributed by atoms with Crippen LogP contribution in [0.1, 0.15) is 67.7 Å². The van der Waals surface area contributed by atoms with Crippen molar-refractivity contribution in [3.8, 4) is 34.1 Å². The van der Waals surface area contributed by atoms with Crippen LogP contribution in [-0.4, -0.2) is 42.9 Å². The Balaban J connectivity index is 1.88. The third-order valence-corrected chi connectivity index (χ3v) is 6.84. The van der Waals surface area contributed by atoms with Gasteiger partial charge >= 0.3 is 0 Å². The highest BCUT2D eigenvalue weighted by Crippen LogP contribution is 2.55. The summed E-state index contributed by atoms with van der Waals surface area (Å²) in [6.45, 7) is 3.22. The molecule has 162 valence electrons. The summed E-state index contributed by atoms with van der Waals surface area (Å²) in [6.07, 6.45) is 6.91. The zero-order valence-corrected chi connectivity index (χ0v) is 18.5. The van der Waals surface area contributed by atoms with E-state index < -0.39 is 0 Å². The Hall–Kier alpha value is -2.40. The van der Waals surface area contributed by atoms with Crippen molar-refractivity contribution >= 4 is 0 Å². The summed E-state index contributed by atoms with van der Waals surface area (Å²) >= 11 is 0. The van der Waals surface area contributed by atoms with E-state index >= 15 is 0 Å². The Morgan fingerprint density at radius 1 is 1.03 bits per heavy atom. The van der Waals surface area contributed by atoms with E-state index in [9.17, 15) is 10.2 Å². The molecular formula is C25H33NO4. The van der Waals surface area contributed by atoms with Gasteiger partial charge in [-0.25, -0.2) is 0 Å². The number of unbranched alkanes of at least 4 members (excludes halogenated alkanes) is 3. The maximum atomic E-state index is 10.9. The molecule has 1 aliphatic carbocycles. The highest BCUT2D eigenvalue weighted by molar-refractivity contribution is 5.85. The van der Waals surface area contributed by atoms with Crippen molar-refractivity contribution in [2.45, 2.75) is 57.4 Å². The first-order valence-corrected chi connectivity index (χ1v) is 11.0. The summed E-state index contributed by atoms with van der Waals surface area (Å²) in [5, 5.41) is 21.2. The van der Waals surface area contributed by atoms with Crippen LogP contribution in [0.25, 0.3) is 11.1 Å². The van der Waals surface area contributed by atoms with Gasteiger partial charge in [-0.1, -0.05) is 32.6 Å². The number of likely N-dealkylation sites (N-methyl/N-ethyl adjacent to an activating group) is 1. The highest BCUT2D eigenvalue weighted by Gasteiger charge is 2.39. The summed E-state index contributed by atoms with van der Waals surface area (Å²) in [5.41, 5.74) is 5.49. The number of rotatable bonds is 7. The minimum atomic E-state index is 0.145. The Bertz CT molecular complexity index is 939. The maximum absolute atomic E-state index is 10.9. The van der Waals surface area contributed by atoms with E-state index in [-0.39, 0.29) is 17.5 Å². The number of benzene rings is 2. The van der Waals surface area contributed by atoms with Crippen molar-refractivity contribution in [1.29, 1.82) is 0 Å². The molecule has 2 aromatic rings. The van der Waals surface area contributed by atoms with Crippen LogP contribution in [0.4, 0.5) is 0 Å². The summed E-state index contributed by atoms with van der Waals surface area (Å²) in [6, 6.07) is 5.82. The average molecular weight is 412 g/mol. The van der Waals surface area contributed by atoms with Gasteiger partial charge in [-0.2, -0.15) is 0 Å². The molecule has 4 rings (SSSR count). The summed E-state index contributed by atoms with van der Waals surface area (Å²) < 4.78 is 11.1. The number of fused-ring (bicyclic) bond motifs is 2. The third-order valence-electron chi connectivity index (χ3n) is 6.84. The number of nitrogens with zero attached hydrogens (tertiary/aromatic N) is 1. The van der Waals surface area contributed by atoms with E-state index in [4.69, 9.17) is 9.47 Å². The molecule has 0 amide bonds. The highest BCUT2D eigenvalue weighted by atomic mass is 16.5. The van der Waals surface area contributed by atoms with Gasteiger partial charge in [-0.3, -0.25) is 4.90 Å². The standard InChI is InChI=1S/C25H33NO4/c1-5-6-7-8-9-15-14-26(2)19-10-16-11-20(27)22(29-3)13-18(16)24-23(19)17(15)12-21(28)25(24)30-4/h11-13,15,19,27-28H,5-10,14H2,1-4H3. The Morgan fingerprint density at radius 2 is 1.83 bits per heavy atom. The van der Waals surface area contributed by atoms with Crippen molar-refractivity contribution in [3.05, 3.63) is 34.9 Å². The molecule has 2 aromatic carbocycles. The Morgan fingerprint density at radius 3 is 2.53 bits per heavy atom. The van der Waals surface area contributed by atoms with Crippen molar-refractivity contribution < 1.29 is 19.7 Å². The summed E-state index contributed by atoms with van der Waals surface area (Å²) in [5.74, 6) is 1.67. The van der Waals surface area contributed by atoms with E-state index in [0.29, 0.717) is 17.4 Å². The van der Waals surface area contributed by atoms with Crippen LogP contribution in [0.15, 0.2) is 18.2 Å². The van der Waals surface area contributed by atoms with E-state index in [1.165, 1.54) is 36.8 Å². The average Bonchev–Trinajstić information content (AvgIpc) is 2.73. The number of aromatic hydroxyl groups is 2. The molecule has 0 saturated heterocycles. The number of ether oxygens (including phenoxy) is 2. The molecule has 1 heterocycles. The molecule has 5 heteroatoms. The summed E-state index contributed by atoms with van der Waals surface area (Å²) in [4.78, 5) is 2.43. The van der Waals surface area contributed by atoms with Crippen LogP contribution in [0.2, 0.25) is 0 Å². The Kier molecular flexibility index (Phi) is 5.83. The second-order valence-corrected chi connectivity index (χ2v) is 8.69. The molecule has 2 atom stereocenters. The zero-order valence-electron chi connectivity index (χ0n) is 18.5. The van der Waals surface area contributed by atoms with E-state index in [0.717, 1.165) is 36.1 Å². The molecule has 30 heavy (non-hydrogen) atoms. The molecule has 0 radical (unpaired) electrons. The SMILES string of the molecule is CCCCCCC1CN(C)C2Cc3cc(O)c(OC)cc3-c3c(OC)c(O)cc1c32. The molecule has 0 fully saturated rings. The lowest BCUT2D eigenvalue weighted by atomic mass is 9.73. The van der Waals surface area contributed by atoms with Gasteiger partial charge in [0.1, 0.15) is 0 Å². The number of hydrogen-bond donors (Lipinski definition) is 2. The van der Waals surface area contributed by atoms with Crippen LogP contribution >= 0.6 is 0 Å². The number of phenols is 2. The van der Waals surface area contributed by atoms with Gasteiger partial charge in [-0.15, -0.1) is 0 Å². The van der Waals surface area contributed by atoms with E-state index in [1.54, 1.807) is 20.3 Å². The minimum absolute atomic E-state index is 0.145. The van der Waals surface area contributed by atoms with E-state index in [1.807, 2.05) is 12.1 Å². The molecule has 0 saturated carbocycles. The van der Waals surface area contributed by atoms with Crippen LogP contribution < -0.4 is 9.47 Å². The van der Waals surface area contributed by atoms with Gasteiger partial charge in [-0.05, 0) is 66.3 Å². The van der Waals surface area contributed by atoms with Crippen molar-refractivity contribution in [3.63, 3.8) is 0 Å². The number of phenolic OH excluding ortho intramolecular Hbond substituents is 2. The minimum Gasteiger partial charge on any atom is -0.504 e. The molecule has 0 aromatic heterocycles. The monoisotopic (exact) mass is 411 g/mol. The third kappa shape index (κ3) is 3.39. The lowest BCUT2D eigenvalue weighted by Gasteiger charge is -2.43. The second kappa shape index (κ2) is 8.38. The fourth-order valence-electron chi connectivity index (χ4n) is 5.36. The predicted octanol–water partition coefficient (Wildman–Crippen LogP) is 5.38. The Labute approximate surface area is 179 Å². The van der Waals surface area contributed by atoms with Crippen LogP contribution in [0.3, 0.4) is 0 Å². The number of methoxy groups -OCH3 is 2. The van der Waals surface area contributed by atoms with Gasteiger partial charge < -0.3 is 19.7 Å². The molecule has 1 aliphatic heterocycles. The first-order valence-electron chi connectivity index (χ1n) is 11.0. The molecule has 2 N–H and O–H groups in total. The van der Waals surface area contributed by atoms with Gasteiger partial charge in [0.05, 0.1) is 14.2 Å². The zero-order chi connectivity index (χ0) is 21.4. The maximum Gasteiger partial charge on any atom is 0.168 e. The largest absolute Gasteiger partial charge is 0.504 e. The lowest BCUT2D eigenvalue weighted by molar-refractivity contribution is 0.199. The molecular weight excluding hydrogens is 378 g/mol. The first-order chi connectivity index (χ1) is 14.5. The normalized spacial score (nSPS) is 19.9. The van der Waals surface area contributed by atoms with Crippen LogP contribution in [-0.2, 0) is 6.42 Å². The molecule has 2 aliphatic rings. The number of hydrogen-bond acceptors (Lipinski definition) is 5. The van der Waals surface area contributed by atoms with Gasteiger partial charge in [0, 0.05) is 18.2 Å². The first kappa shape index (κ1) is 20.9. The van der Waals surface area contributed by atoms with Crippen LogP contribution in [0, 0.1) is 0 Å². The molecule has 5 nitrogen and oxygen atoms in total. The fraction of sp³-hybridized carbons (Fsp3) is 0.520. The second-order valence-electron chi connectivity index (χ2n) is 8.69. The van der Waals surface area contributed by atoms with Crippen molar-refractivity contribution in [2.24, 2.45) is 0 Å². The van der Waals surface area contributed by atoms with Gasteiger partial charge in [0.25, 0.3) is 0 Å². The fourth-order valence-corrected chi connectivity index (χ4v) is 5.36. The topological polar surface area (TPSA) is 62.2 Å².